The van der Waals surface area contributed by atoms with Crippen molar-refractivity contribution in [1.29, 1.82) is 0 Å². The van der Waals surface area contributed by atoms with Crippen molar-refractivity contribution in [2.75, 3.05) is 25.1 Å². The van der Waals surface area contributed by atoms with Crippen LogP contribution >= 0.6 is 65.9 Å². The number of anilines is 1. The first-order valence-electron chi connectivity index (χ1n) is 14.4. The van der Waals surface area contributed by atoms with Gasteiger partial charge in [-0.3, -0.25) is 9.13 Å². The van der Waals surface area contributed by atoms with E-state index in [-0.39, 0.29) is 32.6 Å². The van der Waals surface area contributed by atoms with E-state index in [1.807, 2.05) is 12.2 Å². The Bertz CT molecular complexity index is 1710. The number of hydrogen-bond acceptors (Lipinski definition) is 15. The SMILES string of the molecule is O=[P+](S)O[C@H]1[C@@H](F)[C@H](n2cnc3c(CC/C=C/CNc4ncnc5c4ncn5[C@@H]4O[C@H](CO)[C@@H](O[P+](=O)S)[C@H]4F)ncnc32)O[C@@H]1CO.S.S. The summed E-state index contributed by atoms with van der Waals surface area (Å²) in [5, 5.41) is 22.3. The number of rotatable bonds is 14. The molecule has 2 saturated heterocycles. The summed E-state index contributed by atoms with van der Waals surface area (Å²) in [6.45, 7) is -0.735. The van der Waals surface area contributed by atoms with Crippen molar-refractivity contribution in [3.63, 3.8) is 0 Å². The van der Waals surface area contributed by atoms with Crippen molar-refractivity contribution in [2.24, 2.45) is 0 Å². The Balaban J connectivity index is 0.00000281. The zero-order valence-electron chi connectivity index (χ0n) is 25.6. The van der Waals surface area contributed by atoms with Crippen LogP contribution in [0.15, 0.2) is 37.5 Å². The maximum Gasteiger partial charge on any atom is 0.582 e. The molecule has 0 amide bonds. The van der Waals surface area contributed by atoms with Crippen LogP contribution in [0.2, 0.25) is 0 Å². The molecular weight excluding hydrogens is 783 g/mol. The average Bonchev–Trinajstić information content (AvgIpc) is 3.83. The van der Waals surface area contributed by atoms with Crippen LogP contribution in [0.25, 0.3) is 22.3 Å². The van der Waals surface area contributed by atoms with E-state index < -0.39 is 76.9 Å². The Kier molecular flexibility index (Phi) is 14.7. The van der Waals surface area contributed by atoms with Crippen molar-refractivity contribution < 1.29 is 46.6 Å². The minimum Gasteiger partial charge on any atom is -0.394 e. The number of alkyl halides is 2. The van der Waals surface area contributed by atoms with Crippen molar-refractivity contribution in [1.82, 2.24) is 39.0 Å². The van der Waals surface area contributed by atoms with Crippen molar-refractivity contribution in [3.8, 4) is 0 Å². The molecule has 50 heavy (non-hydrogen) atoms. The number of thiol groups is 2. The molecule has 3 N–H and O–H groups in total. The molecule has 2 aliphatic rings. The molecule has 4 aromatic rings. The predicted octanol–water partition coefficient (Wildman–Crippen LogP) is 3.19. The highest BCUT2D eigenvalue weighted by Gasteiger charge is 2.52. The second-order valence-corrected chi connectivity index (χ2v) is 13.9. The summed E-state index contributed by atoms with van der Waals surface area (Å²) in [5.74, 6) is 0.391. The molecule has 25 heteroatoms. The van der Waals surface area contributed by atoms with E-state index in [0.29, 0.717) is 47.6 Å². The molecule has 6 heterocycles. The summed E-state index contributed by atoms with van der Waals surface area (Å²) in [4.78, 5) is 25.7. The Morgan fingerprint density at radius 1 is 0.820 bits per heavy atom. The van der Waals surface area contributed by atoms with Gasteiger partial charge in [0.05, 0.1) is 31.6 Å². The number of aliphatic hydroxyl groups excluding tert-OH is 2. The van der Waals surface area contributed by atoms with E-state index in [9.17, 15) is 19.3 Å². The van der Waals surface area contributed by atoms with E-state index in [4.69, 9.17) is 18.5 Å². The summed E-state index contributed by atoms with van der Waals surface area (Å²) < 4.78 is 77.5. The summed E-state index contributed by atoms with van der Waals surface area (Å²) in [7, 11) is -4.85. The molecular formula is C25H33F2N9O8P2S4+2. The molecule has 10 atom stereocenters. The van der Waals surface area contributed by atoms with Gasteiger partial charge in [0.25, 0.3) is 0 Å². The smallest absolute Gasteiger partial charge is 0.394 e. The molecule has 17 nitrogen and oxygen atoms in total. The lowest BCUT2D eigenvalue weighted by Gasteiger charge is -2.15. The molecule has 4 aromatic heterocycles. The third kappa shape index (κ3) is 8.39. The van der Waals surface area contributed by atoms with Crippen LogP contribution in [0, 0.1) is 0 Å². The Hall–Kier alpha value is -2.14. The van der Waals surface area contributed by atoms with E-state index in [2.05, 4.69) is 59.7 Å². The van der Waals surface area contributed by atoms with Gasteiger partial charge in [-0.05, 0) is 22.0 Å². The molecule has 6 rings (SSSR count). The number of hydrogen-bond donors (Lipinski definition) is 5. The lowest BCUT2D eigenvalue weighted by molar-refractivity contribution is -0.0427. The molecule has 0 aliphatic carbocycles. The minimum atomic E-state index is -2.43. The van der Waals surface area contributed by atoms with E-state index >= 15 is 8.78 Å². The average molecular weight is 816 g/mol. The number of ether oxygens (including phenoxy) is 2. The molecule has 272 valence electrons. The van der Waals surface area contributed by atoms with Gasteiger partial charge < -0.3 is 25.0 Å². The fraction of sp³-hybridized carbons (Fsp3) is 0.520. The van der Waals surface area contributed by atoms with Gasteiger partial charge >= 0.3 is 14.5 Å². The second-order valence-electron chi connectivity index (χ2n) is 10.6. The third-order valence-corrected chi connectivity index (χ3v) is 9.17. The van der Waals surface area contributed by atoms with Gasteiger partial charge in [-0.15, -0.1) is 9.05 Å². The van der Waals surface area contributed by atoms with Crippen molar-refractivity contribution in [3.05, 3.63) is 43.2 Å². The van der Waals surface area contributed by atoms with Crippen LogP contribution in [0.3, 0.4) is 0 Å². The van der Waals surface area contributed by atoms with Crippen molar-refractivity contribution in [2.45, 2.75) is 62.1 Å². The van der Waals surface area contributed by atoms with Gasteiger partial charge in [0.2, 0.25) is 0 Å². The minimum absolute atomic E-state index is 0. The first kappa shape index (κ1) is 40.6. The zero-order valence-corrected chi connectivity index (χ0v) is 31.2. The first-order valence-corrected chi connectivity index (χ1v) is 19.1. The van der Waals surface area contributed by atoms with Crippen LogP contribution in [0.5, 0.6) is 0 Å². The summed E-state index contributed by atoms with van der Waals surface area (Å²) in [6.07, 6.45) is -0.498. The number of aromatic nitrogens is 8. The largest absolute Gasteiger partial charge is 0.582 e. The standard InChI is InChI=1S/C25H27F2N9O8P2S2.2H2S/c26-15-19(43-45(39)47)13(6-37)41-24(15)35-10-33-17-12(29-8-31-22(17)35)4-2-1-3-5-28-21-18-23(32-9-30-21)36(11-34-18)25-16(27)20(44-46(40)48)14(7-38)42-25;;/h1,3,8-11,13-16,19-20,24-25,37-38H,2,4-7H2,(H-2,28,30,32,39,40,47,48);2*1H2/p+2/b3-1+;;/t13-,14-,15-,16-,19-,20-,24-,25-;;/m1../s1. The van der Waals surface area contributed by atoms with Crippen LogP contribution in [-0.2, 0) is 34.1 Å². The lowest BCUT2D eigenvalue weighted by Crippen LogP contribution is -2.31. The van der Waals surface area contributed by atoms with E-state index in [1.165, 1.54) is 34.4 Å². The normalized spacial score (nSPS) is 27.1. The third-order valence-electron chi connectivity index (χ3n) is 7.76. The summed E-state index contributed by atoms with van der Waals surface area (Å²) >= 11 is 7.36. The second kappa shape index (κ2) is 18.1. The van der Waals surface area contributed by atoms with Gasteiger partial charge in [-0.2, -0.15) is 27.0 Å². The van der Waals surface area contributed by atoms with Gasteiger partial charge in [0, 0.05) is 6.54 Å². The fourth-order valence-corrected chi connectivity index (χ4v) is 7.18. The van der Waals surface area contributed by atoms with Gasteiger partial charge in [0.15, 0.2) is 59.6 Å². The number of allylic oxidation sites excluding steroid dienone is 1. The quantitative estimate of drug-likeness (QED) is 0.0703. The molecule has 2 fully saturated rings. The van der Waals surface area contributed by atoms with Gasteiger partial charge in [0.1, 0.15) is 54.9 Å². The number of halogens is 2. The number of fused-ring (bicyclic) bond motifs is 2. The summed E-state index contributed by atoms with van der Waals surface area (Å²) in [6, 6.07) is 0. The number of nitrogens with one attached hydrogen (secondary N) is 1. The zero-order chi connectivity index (χ0) is 33.9. The van der Waals surface area contributed by atoms with E-state index in [1.54, 1.807) is 0 Å². The highest BCUT2D eigenvalue weighted by molar-refractivity contribution is 8.39. The highest BCUT2D eigenvalue weighted by atomic mass is 32.7. The molecule has 0 saturated carbocycles. The van der Waals surface area contributed by atoms with Crippen LogP contribution in [0.4, 0.5) is 14.6 Å². The lowest BCUT2D eigenvalue weighted by atomic mass is 10.1. The molecule has 2 unspecified atom stereocenters. The fourth-order valence-electron chi connectivity index (χ4n) is 5.60. The maximum atomic E-state index is 15.2. The van der Waals surface area contributed by atoms with Crippen molar-refractivity contribution >= 4 is 94.1 Å². The molecule has 0 radical (unpaired) electrons. The number of nitrogens with zero attached hydrogens (tertiary/aromatic N) is 8. The van der Waals surface area contributed by atoms with Crippen LogP contribution in [0.1, 0.15) is 24.6 Å². The Morgan fingerprint density at radius 3 is 1.88 bits per heavy atom. The molecule has 0 bridgehead atoms. The van der Waals surface area contributed by atoms with Crippen LogP contribution in [-0.4, -0.2) is 106 Å². The topological polar surface area (TPSA) is 211 Å². The summed E-state index contributed by atoms with van der Waals surface area (Å²) in [5.41, 5.74) is 2.03. The van der Waals surface area contributed by atoms with Gasteiger partial charge in [-0.1, -0.05) is 12.2 Å². The molecule has 2 aliphatic heterocycles. The van der Waals surface area contributed by atoms with Crippen LogP contribution < -0.4 is 5.32 Å². The van der Waals surface area contributed by atoms with E-state index in [0.717, 1.165) is 0 Å². The molecule has 0 aromatic carbocycles. The predicted molar refractivity (Wildman–Crippen MR) is 192 cm³/mol. The number of imidazole rings is 2. The Morgan fingerprint density at radius 2 is 1.34 bits per heavy atom. The number of aliphatic hydroxyl groups is 2. The highest BCUT2D eigenvalue weighted by Crippen LogP contribution is 2.42. The maximum absolute atomic E-state index is 15.2. The Labute approximate surface area is 308 Å². The monoisotopic (exact) mass is 815 g/mol. The number of aryl methyl sites for hydroxylation is 1. The van der Waals surface area contributed by atoms with Gasteiger partial charge in [-0.25, -0.2) is 38.7 Å². The molecule has 0 spiro atoms. The first-order chi connectivity index (χ1) is 23.2.